The third kappa shape index (κ3) is 5.25. The van der Waals surface area contributed by atoms with Crippen LogP contribution in [-0.2, 0) is 4.79 Å². The van der Waals surface area contributed by atoms with Crippen molar-refractivity contribution in [2.75, 3.05) is 7.05 Å². The highest BCUT2D eigenvalue weighted by Crippen LogP contribution is 2.31. The van der Waals surface area contributed by atoms with Crippen molar-refractivity contribution in [2.45, 2.75) is 32.4 Å². The summed E-state index contributed by atoms with van der Waals surface area (Å²) in [5.74, 6) is -0.737. The summed E-state index contributed by atoms with van der Waals surface area (Å²) in [7, 11) is 1.54. The monoisotopic (exact) mass is 399 g/mol. The molecule has 0 aliphatic carbocycles. The fourth-order valence-corrected chi connectivity index (χ4v) is 2.86. The SMILES string of the molecule is CN(C(=O)c1ccc(Cl)cc1)C(C(=O)NC(C)(C)C)c1ccccc1N=[N+]=[N-]. The van der Waals surface area contributed by atoms with Crippen molar-refractivity contribution in [3.63, 3.8) is 0 Å². The largest absolute Gasteiger partial charge is 0.349 e. The van der Waals surface area contributed by atoms with Crippen LogP contribution in [0.5, 0.6) is 0 Å². The molecular formula is C20H22ClN5O2. The van der Waals surface area contributed by atoms with Gasteiger partial charge in [-0.25, -0.2) is 0 Å². The summed E-state index contributed by atoms with van der Waals surface area (Å²) in [5.41, 5.74) is 9.47. The summed E-state index contributed by atoms with van der Waals surface area (Å²) in [4.78, 5) is 30.3. The van der Waals surface area contributed by atoms with Crippen molar-refractivity contribution in [1.29, 1.82) is 0 Å². The second-order valence-corrected chi connectivity index (χ2v) is 7.75. The van der Waals surface area contributed by atoms with E-state index in [-0.39, 0.29) is 17.5 Å². The van der Waals surface area contributed by atoms with Crippen LogP contribution in [0.2, 0.25) is 5.02 Å². The predicted molar refractivity (Wildman–Crippen MR) is 109 cm³/mol. The Morgan fingerprint density at radius 1 is 1.14 bits per heavy atom. The fraction of sp³-hybridized carbons (Fsp3) is 0.300. The number of carbonyl (C=O) groups is 2. The summed E-state index contributed by atoms with van der Waals surface area (Å²) in [6.07, 6.45) is 0. The Labute approximate surface area is 168 Å². The first kappa shape index (κ1) is 21.3. The lowest BCUT2D eigenvalue weighted by atomic mass is 9.99. The van der Waals surface area contributed by atoms with Gasteiger partial charge in [-0.15, -0.1) is 0 Å². The standard InChI is InChI=1S/C20H22ClN5O2/c1-20(2,3)23-18(27)17(15-7-5-6-8-16(15)24-25-22)26(4)19(28)13-9-11-14(21)12-10-13/h5-12,17H,1-4H3,(H,23,27). The Morgan fingerprint density at radius 2 is 1.75 bits per heavy atom. The summed E-state index contributed by atoms with van der Waals surface area (Å²) >= 11 is 5.90. The topological polar surface area (TPSA) is 98.2 Å². The molecule has 0 spiro atoms. The fourth-order valence-electron chi connectivity index (χ4n) is 2.74. The highest BCUT2D eigenvalue weighted by molar-refractivity contribution is 6.30. The van der Waals surface area contributed by atoms with Gasteiger partial charge in [0.25, 0.3) is 5.91 Å². The first-order valence-corrected chi connectivity index (χ1v) is 9.00. The van der Waals surface area contributed by atoms with Crippen LogP contribution in [0.1, 0.15) is 42.7 Å². The molecule has 2 aromatic carbocycles. The molecule has 0 saturated heterocycles. The number of halogens is 1. The van der Waals surface area contributed by atoms with E-state index in [0.717, 1.165) is 0 Å². The molecule has 0 radical (unpaired) electrons. The van der Waals surface area contributed by atoms with Crippen molar-refractivity contribution in [3.8, 4) is 0 Å². The van der Waals surface area contributed by atoms with E-state index in [9.17, 15) is 9.59 Å². The van der Waals surface area contributed by atoms with Gasteiger partial charge in [-0.3, -0.25) is 9.59 Å². The number of hydrogen-bond donors (Lipinski definition) is 1. The van der Waals surface area contributed by atoms with Gasteiger partial charge in [0.1, 0.15) is 6.04 Å². The first-order valence-electron chi connectivity index (χ1n) is 8.63. The van der Waals surface area contributed by atoms with E-state index in [1.165, 1.54) is 11.9 Å². The third-order valence-corrected chi connectivity index (χ3v) is 4.18. The lowest BCUT2D eigenvalue weighted by Crippen LogP contribution is -2.48. The summed E-state index contributed by atoms with van der Waals surface area (Å²) in [5, 5.41) is 7.08. The number of azide groups is 1. The Kier molecular flexibility index (Phi) is 6.67. The van der Waals surface area contributed by atoms with Crippen molar-refractivity contribution < 1.29 is 9.59 Å². The molecule has 1 atom stereocenters. The maximum Gasteiger partial charge on any atom is 0.254 e. The maximum absolute atomic E-state index is 13.1. The molecule has 0 saturated carbocycles. The zero-order valence-corrected chi connectivity index (χ0v) is 16.9. The van der Waals surface area contributed by atoms with Crippen molar-refractivity contribution in [1.82, 2.24) is 10.2 Å². The van der Waals surface area contributed by atoms with E-state index in [2.05, 4.69) is 15.3 Å². The van der Waals surface area contributed by atoms with E-state index < -0.39 is 11.6 Å². The minimum atomic E-state index is -0.982. The van der Waals surface area contributed by atoms with E-state index in [4.69, 9.17) is 17.1 Å². The van der Waals surface area contributed by atoms with Gasteiger partial charge in [0.15, 0.2) is 0 Å². The van der Waals surface area contributed by atoms with E-state index in [0.29, 0.717) is 16.1 Å². The zero-order valence-electron chi connectivity index (χ0n) is 16.2. The van der Waals surface area contributed by atoms with E-state index in [1.807, 2.05) is 20.8 Å². The highest BCUT2D eigenvalue weighted by atomic mass is 35.5. The van der Waals surface area contributed by atoms with Crippen LogP contribution in [0.3, 0.4) is 0 Å². The Hall–Kier alpha value is -3.02. The van der Waals surface area contributed by atoms with Crippen molar-refractivity contribution in [2.24, 2.45) is 5.11 Å². The van der Waals surface area contributed by atoms with Gasteiger partial charge < -0.3 is 10.2 Å². The Balaban J connectivity index is 2.51. The number of likely N-dealkylation sites (N-methyl/N-ethyl adjacent to an activating group) is 1. The minimum Gasteiger partial charge on any atom is -0.349 e. The van der Waals surface area contributed by atoms with Crippen molar-refractivity contribution >= 4 is 29.1 Å². The first-order chi connectivity index (χ1) is 13.1. The summed E-state index contributed by atoms with van der Waals surface area (Å²) in [6, 6.07) is 12.1. The van der Waals surface area contributed by atoms with Crippen LogP contribution in [0.4, 0.5) is 5.69 Å². The number of amides is 2. The average molecular weight is 400 g/mol. The molecule has 146 valence electrons. The van der Waals surface area contributed by atoms with Crippen LogP contribution in [0.25, 0.3) is 10.4 Å². The summed E-state index contributed by atoms with van der Waals surface area (Å²) in [6.45, 7) is 5.55. The van der Waals surface area contributed by atoms with Gasteiger partial charge in [0, 0.05) is 33.8 Å². The molecule has 2 aromatic rings. The lowest BCUT2D eigenvalue weighted by molar-refractivity contribution is -0.127. The van der Waals surface area contributed by atoms with Gasteiger partial charge in [0.05, 0.1) is 0 Å². The quantitative estimate of drug-likeness (QED) is 0.434. The zero-order chi connectivity index (χ0) is 20.9. The molecule has 0 heterocycles. The normalized spacial score (nSPS) is 11.9. The van der Waals surface area contributed by atoms with Gasteiger partial charge in [-0.05, 0) is 56.1 Å². The minimum absolute atomic E-state index is 0.287. The Bertz CT molecular complexity index is 915. The summed E-state index contributed by atoms with van der Waals surface area (Å²) < 4.78 is 0. The van der Waals surface area contributed by atoms with Crippen LogP contribution in [0, 0.1) is 0 Å². The number of benzene rings is 2. The molecular weight excluding hydrogens is 378 g/mol. The average Bonchev–Trinajstić information content (AvgIpc) is 2.62. The van der Waals surface area contributed by atoms with Gasteiger partial charge in [-0.2, -0.15) is 0 Å². The van der Waals surface area contributed by atoms with Gasteiger partial charge in [-0.1, -0.05) is 41.0 Å². The maximum atomic E-state index is 13.1. The van der Waals surface area contributed by atoms with E-state index in [1.54, 1.807) is 48.5 Å². The number of hydrogen-bond acceptors (Lipinski definition) is 3. The molecule has 0 aliphatic rings. The van der Waals surface area contributed by atoms with Gasteiger partial charge >= 0.3 is 0 Å². The molecule has 7 nitrogen and oxygen atoms in total. The van der Waals surface area contributed by atoms with Crippen molar-refractivity contribution in [3.05, 3.63) is 75.1 Å². The number of nitrogens with one attached hydrogen (secondary N) is 1. The smallest absolute Gasteiger partial charge is 0.254 e. The third-order valence-electron chi connectivity index (χ3n) is 3.93. The molecule has 1 N–H and O–H groups in total. The second-order valence-electron chi connectivity index (χ2n) is 7.31. The molecule has 0 aromatic heterocycles. The molecule has 0 bridgehead atoms. The van der Waals surface area contributed by atoms with Crippen LogP contribution in [0.15, 0.2) is 53.6 Å². The number of rotatable bonds is 5. The molecule has 0 fully saturated rings. The molecule has 28 heavy (non-hydrogen) atoms. The van der Waals surface area contributed by atoms with Gasteiger partial charge in [0.2, 0.25) is 5.91 Å². The van der Waals surface area contributed by atoms with Crippen LogP contribution < -0.4 is 5.32 Å². The van der Waals surface area contributed by atoms with E-state index >= 15 is 0 Å². The molecule has 0 aliphatic heterocycles. The molecule has 2 rings (SSSR count). The highest BCUT2D eigenvalue weighted by Gasteiger charge is 2.32. The Morgan fingerprint density at radius 3 is 2.32 bits per heavy atom. The second kappa shape index (κ2) is 8.78. The molecule has 2 amide bonds. The van der Waals surface area contributed by atoms with Crippen LogP contribution >= 0.6 is 11.6 Å². The predicted octanol–water partition coefficient (Wildman–Crippen LogP) is 5.01. The molecule has 1 unspecified atom stereocenters. The lowest BCUT2D eigenvalue weighted by Gasteiger charge is -2.31. The number of nitrogens with zero attached hydrogens (tertiary/aromatic N) is 4. The molecule has 8 heteroatoms. The van der Waals surface area contributed by atoms with Crippen LogP contribution in [-0.4, -0.2) is 29.3 Å². The number of carbonyl (C=O) groups excluding carboxylic acids is 2.